The third-order valence-electron chi connectivity index (χ3n) is 3.66. The summed E-state index contributed by atoms with van der Waals surface area (Å²) in [7, 11) is 0. The third kappa shape index (κ3) is 4.26. The van der Waals surface area contributed by atoms with Crippen molar-refractivity contribution in [1.29, 1.82) is 0 Å². The Morgan fingerprint density at radius 1 is 1.15 bits per heavy atom. The predicted octanol–water partition coefficient (Wildman–Crippen LogP) is 2.73. The summed E-state index contributed by atoms with van der Waals surface area (Å²) in [5.41, 5.74) is 6.53. The molecule has 5 nitrogen and oxygen atoms in total. The highest BCUT2D eigenvalue weighted by Crippen LogP contribution is 2.27. The zero-order valence-electron chi connectivity index (χ0n) is 11.7. The molecule has 5 heteroatoms. The Morgan fingerprint density at radius 2 is 1.85 bits per heavy atom. The minimum atomic E-state index is -0.431. The maximum Gasteiger partial charge on any atom is 0.337 e. The van der Waals surface area contributed by atoms with E-state index < -0.39 is 6.03 Å². The number of urea groups is 1. The number of hydrazine groups is 1. The van der Waals surface area contributed by atoms with E-state index in [0.29, 0.717) is 12.3 Å². The molecule has 0 atom stereocenters. The van der Waals surface area contributed by atoms with Crippen LogP contribution in [0.4, 0.5) is 10.5 Å². The van der Waals surface area contributed by atoms with E-state index in [1.54, 1.807) is 0 Å². The zero-order chi connectivity index (χ0) is 14.4. The molecule has 20 heavy (non-hydrogen) atoms. The van der Waals surface area contributed by atoms with Gasteiger partial charge < -0.3 is 5.32 Å². The number of benzene rings is 1. The van der Waals surface area contributed by atoms with E-state index >= 15 is 0 Å². The van der Waals surface area contributed by atoms with Gasteiger partial charge in [-0.05, 0) is 37.3 Å². The molecule has 0 heterocycles. The number of hydrogen-bond donors (Lipinski definition) is 3. The lowest BCUT2D eigenvalue weighted by atomic mass is 10.0. The Kier molecular flexibility index (Phi) is 4.98. The minimum Gasteiger partial charge on any atom is -0.306 e. The summed E-state index contributed by atoms with van der Waals surface area (Å²) in [4.78, 5) is 23.3. The van der Waals surface area contributed by atoms with E-state index in [4.69, 9.17) is 0 Å². The van der Waals surface area contributed by atoms with E-state index in [9.17, 15) is 9.59 Å². The summed E-state index contributed by atoms with van der Waals surface area (Å²) in [6.45, 7) is 1.91. The predicted molar refractivity (Wildman–Crippen MR) is 78.1 cm³/mol. The average Bonchev–Trinajstić information content (AvgIpc) is 2.92. The lowest BCUT2D eigenvalue weighted by Gasteiger charge is -2.12. The van der Waals surface area contributed by atoms with Crippen LogP contribution in [0.2, 0.25) is 0 Å². The second-order valence-electron chi connectivity index (χ2n) is 5.30. The molecule has 0 aliphatic heterocycles. The SMILES string of the molecule is Cc1ccccc1NC(=O)NNC(=O)CC1CCCC1. The Labute approximate surface area is 119 Å². The molecule has 1 aliphatic rings. The van der Waals surface area contributed by atoms with Gasteiger partial charge >= 0.3 is 6.03 Å². The summed E-state index contributed by atoms with van der Waals surface area (Å²) < 4.78 is 0. The van der Waals surface area contributed by atoms with Crippen LogP contribution in [0, 0.1) is 12.8 Å². The van der Waals surface area contributed by atoms with E-state index in [2.05, 4.69) is 16.2 Å². The molecule has 0 radical (unpaired) electrons. The maximum atomic E-state index is 11.7. The molecule has 0 bridgehead atoms. The van der Waals surface area contributed by atoms with Gasteiger partial charge in [-0.25, -0.2) is 10.2 Å². The average molecular weight is 275 g/mol. The van der Waals surface area contributed by atoms with E-state index in [0.717, 1.165) is 24.1 Å². The second-order valence-corrected chi connectivity index (χ2v) is 5.30. The van der Waals surface area contributed by atoms with Crippen molar-refractivity contribution < 1.29 is 9.59 Å². The van der Waals surface area contributed by atoms with Crippen LogP contribution in [-0.2, 0) is 4.79 Å². The molecule has 108 valence electrons. The molecule has 1 aromatic rings. The van der Waals surface area contributed by atoms with Crippen LogP contribution in [0.15, 0.2) is 24.3 Å². The Bertz CT molecular complexity index is 482. The van der Waals surface area contributed by atoms with Gasteiger partial charge in [0, 0.05) is 12.1 Å². The fourth-order valence-electron chi connectivity index (χ4n) is 2.52. The van der Waals surface area contributed by atoms with Gasteiger partial charge in [0.15, 0.2) is 0 Å². The van der Waals surface area contributed by atoms with Gasteiger partial charge in [0.05, 0.1) is 0 Å². The number of aryl methyl sites for hydroxylation is 1. The quantitative estimate of drug-likeness (QED) is 0.742. The van der Waals surface area contributed by atoms with Crippen LogP contribution in [0.3, 0.4) is 0 Å². The van der Waals surface area contributed by atoms with Gasteiger partial charge in [-0.3, -0.25) is 10.2 Å². The first-order valence-corrected chi connectivity index (χ1v) is 7.06. The first-order valence-electron chi connectivity index (χ1n) is 7.06. The van der Waals surface area contributed by atoms with E-state index in [-0.39, 0.29) is 5.91 Å². The third-order valence-corrected chi connectivity index (χ3v) is 3.66. The number of carbonyl (C=O) groups excluding carboxylic acids is 2. The summed E-state index contributed by atoms with van der Waals surface area (Å²) in [5.74, 6) is 0.341. The highest BCUT2D eigenvalue weighted by Gasteiger charge is 2.18. The molecule has 1 aromatic carbocycles. The van der Waals surface area contributed by atoms with Crippen molar-refractivity contribution in [2.75, 3.05) is 5.32 Å². The maximum absolute atomic E-state index is 11.7. The molecular weight excluding hydrogens is 254 g/mol. The Morgan fingerprint density at radius 3 is 2.55 bits per heavy atom. The molecule has 0 spiro atoms. The van der Waals surface area contributed by atoms with Gasteiger partial charge in [0.1, 0.15) is 0 Å². The smallest absolute Gasteiger partial charge is 0.306 e. The van der Waals surface area contributed by atoms with Crippen molar-refractivity contribution in [2.24, 2.45) is 5.92 Å². The van der Waals surface area contributed by atoms with Gasteiger partial charge in [0.25, 0.3) is 0 Å². The summed E-state index contributed by atoms with van der Waals surface area (Å²) in [5, 5.41) is 2.69. The van der Waals surface area contributed by atoms with Crippen molar-refractivity contribution in [1.82, 2.24) is 10.9 Å². The van der Waals surface area contributed by atoms with Gasteiger partial charge in [-0.2, -0.15) is 0 Å². The number of rotatable bonds is 3. The first kappa shape index (κ1) is 14.4. The zero-order valence-corrected chi connectivity index (χ0v) is 11.7. The molecule has 3 amide bonds. The van der Waals surface area contributed by atoms with Crippen LogP contribution in [0.1, 0.15) is 37.7 Å². The van der Waals surface area contributed by atoms with E-state index in [1.165, 1.54) is 12.8 Å². The van der Waals surface area contributed by atoms with Gasteiger partial charge in [-0.15, -0.1) is 0 Å². The number of amides is 3. The van der Waals surface area contributed by atoms with Crippen molar-refractivity contribution in [3.8, 4) is 0 Å². The highest BCUT2D eigenvalue weighted by molar-refractivity contribution is 5.91. The van der Waals surface area contributed by atoms with Crippen LogP contribution in [0.25, 0.3) is 0 Å². The largest absolute Gasteiger partial charge is 0.337 e. The molecule has 1 fully saturated rings. The van der Waals surface area contributed by atoms with Crippen molar-refractivity contribution >= 4 is 17.6 Å². The summed E-state index contributed by atoms with van der Waals surface area (Å²) >= 11 is 0. The number of para-hydroxylation sites is 1. The Balaban J connectivity index is 1.72. The molecule has 0 saturated heterocycles. The summed E-state index contributed by atoms with van der Waals surface area (Å²) in [6.07, 6.45) is 5.13. The second kappa shape index (κ2) is 6.93. The molecular formula is C15H21N3O2. The van der Waals surface area contributed by atoms with E-state index in [1.807, 2.05) is 31.2 Å². The molecule has 3 N–H and O–H groups in total. The van der Waals surface area contributed by atoms with Gasteiger partial charge in [-0.1, -0.05) is 31.0 Å². The summed E-state index contributed by atoms with van der Waals surface area (Å²) in [6, 6.07) is 7.05. The van der Waals surface area contributed by atoms with Crippen LogP contribution in [0.5, 0.6) is 0 Å². The fraction of sp³-hybridized carbons (Fsp3) is 0.467. The van der Waals surface area contributed by atoms with Crippen LogP contribution >= 0.6 is 0 Å². The number of nitrogens with one attached hydrogen (secondary N) is 3. The first-order chi connectivity index (χ1) is 9.65. The monoisotopic (exact) mass is 275 g/mol. The van der Waals surface area contributed by atoms with Crippen molar-refractivity contribution in [3.63, 3.8) is 0 Å². The van der Waals surface area contributed by atoms with Crippen molar-refractivity contribution in [3.05, 3.63) is 29.8 Å². The lowest BCUT2D eigenvalue weighted by molar-refractivity contribution is -0.122. The van der Waals surface area contributed by atoms with Crippen molar-refractivity contribution in [2.45, 2.75) is 39.0 Å². The fourth-order valence-corrected chi connectivity index (χ4v) is 2.52. The number of hydrogen-bond acceptors (Lipinski definition) is 2. The highest BCUT2D eigenvalue weighted by atomic mass is 16.2. The molecule has 0 unspecified atom stereocenters. The Hall–Kier alpha value is -2.04. The normalized spacial score (nSPS) is 14.8. The topological polar surface area (TPSA) is 70.2 Å². The lowest BCUT2D eigenvalue weighted by Crippen LogP contribution is -2.44. The number of anilines is 1. The van der Waals surface area contributed by atoms with Crippen LogP contribution < -0.4 is 16.2 Å². The molecule has 0 aromatic heterocycles. The molecule has 2 rings (SSSR count). The molecule has 1 aliphatic carbocycles. The molecule has 1 saturated carbocycles. The van der Waals surface area contributed by atoms with Crippen LogP contribution in [-0.4, -0.2) is 11.9 Å². The standard InChI is InChI=1S/C15H21N3O2/c1-11-6-2-5-9-13(11)16-15(20)18-17-14(19)10-12-7-3-4-8-12/h2,5-6,9,12H,3-4,7-8,10H2,1H3,(H,17,19)(H2,16,18,20). The minimum absolute atomic E-state index is 0.128. The number of carbonyl (C=O) groups is 2. The van der Waals surface area contributed by atoms with Gasteiger partial charge in [0.2, 0.25) is 5.91 Å².